The number of hydrogen-bond donors (Lipinski definition) is 0. The lowest BCUT2D eigenvalue weighted by atomic mass is 10.2. The Bertz CT molecular complexity index is 901. The molecule has 0 spiro atoms. The second-order valence-corrected chi connectivity index (χ2v) is 6.93. The van der Waals surface area contributed by atoms with E-state index >= 15 is 0 Å². The van der Waals surface area contributed by atoms with E-state index < -0.39 is 0 Å². The maximum absolute atomic E-state index is 13.1. The van der Waals surface area contributed by atoms with Crippen LogP contribution in [-0.2, 0) is 6.54 Å². The van der Waals surface area contributed by atoms with Crippen LogP contribution in [0.1, 0.15) is 16.0 Å². The lowest BCUT2D eigenvalue weighted by Gasteiger charge is -2.07. The molecule has 0 aliphatic heterocycles. The second-order valence-electron chi connectivity index (χ2n) is 4.88. The fourth-order valence-electron chi connectivity index (χ4n) is 2.22. The largest absolute Gasteiger partial charge is 0.294 e. The minimum atomic E-state index is -0.309. The van der Waals surface area contributed by atoms with Gasteiger partial charge in [-0.2, -0.15) is 0 Å². The molecule has 3 nitrogen and oxygen atoms in total. The SMILES string of the molecule is Cc1sc2ncn(Cc3ccc(F)cc3Br)c(=O)c2c1C. The molecule has 21 heavy (non-hydrogen) atoms. The van der Waals surface area contributed by atoms with Crippen LogP contribution >= 0.6 is 27.3 Å². The molecule has 0 unspecified atom stereocenters. The Labute approximate surface area is 133 Å². The summed E-state index contributed by atoms with van der Waals surface area (Å²) >= 11 is 4.85. The fraction of sp³-hybridized carbons (Fsp3) is 0.200. The smallest absolute Gasteiger partial charge is 0.262 e. The number of thiophene rings is 1. The molecule has 0 fully saturated rings. The number of nitrogens with zero attached hydrogens (tertiary/aromatic N) is 2. The molecule has 2 aromatic heterocycles. The molecular formula is C15H12BrFN2OS. The highest BCUT2D eigenvalue weighted by molar-refractivity contribution is 9.10. The van der Waals surface area contributed by atoms with Crippen LogP contribution in [0.25, 0.3) is 10.2 Å². The Morgan fingerprint density at radius 3 is 2.86 bits per heavy atom. The predicted molar refractivity (Wildman–Crippen MR) is 86.6 cm³/mol. The Kier molecular flexibility index (Phi) is 3.67. The summed E-state index contributed by atoms with van der Waals surface area (Å²) in [4.78, 5) is 18.8. The molecule has 0 aliphatic rings. The second kappa shape index (κ2) is 5.35. The van der Waals surface area contributed by atoms with Gasteiger partial charge in [0.25, 0.3) is 5.56 Å². The van der Waals surface area contributed by atoms with Crippen LogP contribution in [0.5, 0.6) is 0 Å². The van der Waals surface area contributed by atoms with Crippen molar-refractivity contribution in [1.29, 1.82) is 0 Å². The highest BCUT2D eigenvalue weighted by Gasteiger charge is 2.13. The van der Waals surface area contributed by atoms with Crippen molar-refractivity contribution in [1.82, 2.24) is 9.55 Å². The van der Waals surface area contributed by atoms with Gasteiger partial charge in [-0.15, -0.1) is 11.3 Å². The van der Waals surface area contributed by atoms with Crippen LogP contribution in [-0.4, -0.2) is 9.55 Å². The zero-order valence-electron chi connectivity index (χ0n) is 11.5. The third-order valence-electron chi connectivity index (χ3n) is 3.51. The van der Waals surface area contributed by atoms with E-state index in [-0.39, 0.29) is 11.4 Å². The molecule has 1 aromatic carbocycles. The van der Waals surface area contributed by atoms with Crippen LogP contribution in [0, 0.1) is 19.7 Å². The Hall–Kier alpha value is -1.53. The summed E-state index contributed by atoms with van der Waals surface area (Å²) in [6.45, 7) is 4.29. The minimum absolute atomic E-state index is 0.0573. The van der Waals surface area contributed by atoms with Crippen LogP contribution in [0.3, 0.4) is 0 Å². The summed E-state index contributed by atoms with van der Waals surface area (Å²) in [7, 11) is 0. The van der Waals surface area contributed by atoms with E-state index in [2.05, 4.69) is 20.9 Å². The van der Waals surface area contributed by atoms with Gasteiger partial charge in [-0.05, 0) is 37.1 Å². The van der Waals surface area contributed by atoms with Crippen LogP contribution in [0.4, 0.5) is 4.39 Å². The molecule has 2 heterocycles. The maximum atomic E-state index is 13.1. The number of aryl methyl sites for hydroxylation is 2. The van der Waals surface area contributed by atoms with E-state index in [1.165, 1.54) is 23.5 Å². The van der Waals surface area contributed by atoms with Gasteiger partial charge in [0.1, 0.15) is 10.6 Å². The number of fused-ring (bicyclic) bond motifs is 1. The highest BCUT2D eigenvalue weighted by atomic mass is 79.9. The van der Waals surface area contributed by atoms with E-state index in [9.17, 15) is 9.18 Å². The molecule has 0 bridgehead atoms. The molecule has 6 heteroatoms. The normalized spacial score (nSPS) is 11.2. The summed E-state index contributed by atoms with van der Waals surface area (Å²) in [6.07, 6.45) is 1.55. The molecule has 3 aromatic rings. The molecule has 0 saturated carbocycles. The van der Waals surface area contributed by atoms with Gasteiger partial charge in [0.05, 0.1) is 18.3 Å². The quantitative estimate of drug-likeness (QED) is 0.686. The molecule has 0 saturated heterocycles. The van der Waals surface area contributed by atoms with E-state index in [4.69, 9.17) is 0 Å². The van der Waals surface area contributed by atoms with Crippen molar-refractivity contribution in [2.24, 2.45) is 0 Å². The number of hydrogen-bond acceptors (Lipinski definition) is 3. The molecule has 0 radical (unpaired) electrons. The zero-order chi connectivity index (χ0) is 15.1. The molecule has 0 atom stereocenters. The van der Waals surface area contributed by atoms with E-state index in [0.29, 0.717) is 16.4 Å². The number of halogens is 2. The van der Waals surface area contributed by atoms with Crippen molar-refractivity contribution in [2.75, 3.05) is 0 Å². The number of rotatable bonds is 2. The van der Waals surface area contributed by atoms with Crippen LogP contribution in [0.15, 0.2) is 33.8 Å². The molecule has 108 valence electrons. The summed E-state index contributed by atoms with van der Waals surface area (Å²) in [5.41, 5.74) is 1.77. The molecule has 0 N–H and O–H groups in total. The summed E-state index contributed by atoms with van der Waals surface area (Å²) in [6, 6.07) is 4.45. The van der Waals surface area contributed by atoms with Gasteiger partial charge in [0.2, 0.25) is 0 Å². The van der Waals surface area contributed by atoms with Gasteiger partial charge in [-0.1, -0.05) is 22.0 Å². The van der Waals surface area contributed by atoms with Crippen molar-refractivity contribution in [3.63, 3.8) is 0 Å². The zero-order valence-corrected chi connectivity index (χ0v) is 13.9. The Balaban J connectivity index is 2.11. The highest BCUT2D eigenvalue weighted by Crippen LogP contribution is 2.26. The predicted octanol–water partition coefficient (Wildman–Crippen LogP) is 4.02. The first-order valence-electron chi connectivity index (χ1n) is 6.36. The van der Waals surface area contributed by atoms with E-state index in [1.54, 1.807) is 17.0 Å². The number of benzene rings is 1. The molecule has 0 amide bonds. The fourth-order valence-corrected chi connectivity index (χ4v) is 3.68. The van der Waals surface area contributed by atoms with Crippen molar-refractivity contribution in [2.45, 2.75) is 20.4 Å². The van der Waals surface area contributed by atoms with Crippen LogP contribution < -0.4 is 5.56 Å². The lowest BCUT2D eigenvalue weighted by Crippen LogP contribution is -2.21. The average Bonchev–Trinajstić information content (AvgIpc) is 2.72. The van der Waals surface area contributed by atoms with Crippen molar-refractivity contribution < 1.29 is 4.39 Å². The minimum Gasteiger partial charge on any atom is -0.294 e. The van der Waals surface area contributed by atoms with Crippen molar-refractivity contribution >= 4 is 37.5 Å². The van der Waals surface area contributed by atoms with Gasteiger partial charge in [0, 0.05) is 9.35 Å². The van der Waals surface area contributed by atoms with Crippen LogP contribution in [0.2, 0.25) is 0 Å². The van der Waals surface area contributed by atoms with E-state index in [1.807, 2.05) is 13.8 Å². The molecular weight excluding hydrogens is 355 g/mol. The summed E-state index contributed by atoms with van der Waals surface area (Å²) in [5, 5.41) is 0.679. The summed E-state index contributed by atoms with van der Waals surface area (Å²) in [5.74, 6) is -0.309. The maximum Gasteiger partial charge on any atom is 0.262 e. The number of aromatic nitrogens is 2. The van der Waals surface area contributed by atoms with Gasteiger partial charge < -0.3 is 0 Å². The van der Waals surface area contributed by atoms with Gasteiger partial charge in [0.15, 0.2) is 0 Å². The van der Waals surface area contributed by atoms with Crippen molar-refractivity contribution in [3.05, 3.63) is 61.2 Å². The third-order valence-corrected chi connectivity index (χ3v) is 5.37. The first-order valence-corrected chi connectivity index (χ1v) is 7.97. The van der Waals surface area contributed by atoms with Gasteiger partial charge in [-0.3, -0.25) is 9.36 Å². The standard InChI is InChI=1S/C15H12BrFN2OS/c1-8-9(2)21-14-13(8)15(20)19(7-18-14)6-10-3-4-11(17)5-12(10)16/h3-5,7H,6H2,1-2H3. The van der Waals surface area contributed by atoms with Gasteiger partial charge in [-0.25, -0.2) is 9.37 Å². The van der Waals surface area contributed by atoms with Gasteiger partial charge >= 0.3 is 0 Å². The van der Waals surface area contributed by atoms with Crippen molar-refractivity contribution in [3.8, 4) is 0 Å². The average molecular weight is 367 g/mol. The van der Waals surface area contributed by atoms with E-state index in [0.717, 1.165) is 20.8 Å². The first-order chi connectivity index (χ1) is 9.97. The third kappa shape index (κ3) is 2.53. The Morgan fingerprint density at radius 2 is 2.14 bits per heavy atom. The molecule has 0 aliphatic carbocycles. The monoisotopic (exact) mass is 366 g/mol. The Morgan fingerprint density at radius 1 is 1.38 bits per heavy atom. The summed E-state index contributed by atoms with van der Waals surface area (Å²) < 4.78 is 15.3. The lowest BCUT2D eigenvalue weighted by molar-refractivity contribution is 0.624. The topological polar surface area (TPSA) is 34.9 Å². The first kappa shape index (κ1) is 14.4. The molecule has 3 rings (SSSR count).